The van der Waals surface area contributed by atoms with E-state index in [9.17, 15) is 9.90 Å². The lowest BCUT2D eigenvalue weighted by atomic mass is 10.0. The molecule has 1 heterocycles. The van der Waals surface area contributed by atoms with Crippen molar-refractivity contribution in [2.45, 2.75) is 38.9 Å². The van der Waals surface area contributed by atoms with Crippen LogP contribution in [0.1, 0.15) is 26.7 Å². The highest BCUT2D eigenvalue weighted by molar-refractivity contribution is 6.30. The van der Waals surface area contributed by atoms with Crippen LogP contribution in [-0.2, 0) is 4.79 Å². The third-order valence-corrected chi connectivity index (χ3v) is 3.92. The minimum atomic E-state index is -0.529. The largest absolute Gasteiger partial charge is 0.480 e. The van der Waals surface area contributed by atoms with Crippen molar-refractivity contribution in [3.8, 4) is 5.75 Å². The Hall–Kier alpha value is -1.26. The van der Waals surface area contributed by atoms with Crippen molar-refractivity contribution in [1.29, 1.82) is 0 Å². The number of piperidine rings is 1. The number of likely N-dealkylation sites (tertiary alicyclic amines) is 1. The topological polar surface area (TPSA) is 49.8 Å². The van der Waals surface area contributed by atoms with Crippen LogP contribution >= 0.6 is 11.6 Å². The summed E-state index contributed by atoms with van der Waals surface area (Å²) in [7, 11) is 0. The fraction of sp³-hybridized carbons (Fsp3) is 0.562. The molecule has 0 aliphatic carbocycles. The lowest BCUT2D eigenvalue weighted by Crippen LogP contribution is -2.48. The van der Waals surface area contributed by atoms with Crippen LogP contribution < -0.4 is 4.74 Å². The highest BCUT2D eigenvalue weighted by Crippen LogP contribution is 2.22. The van der Waals surface area contributed by atoms with E-state index in [0.717, 1.165) is 0 Å². The quantitative estimate of drug-likeness (QED) is 0.930. The van der Waals surface area contributed by atoms with Gasteiger partial charge in [0.1, 0.15) is 5.75 Å². The van der Waals surface area contributed by atoms with Crippen molar-refractivity contribution >= 4 is 17.5 Å². The first-order valence-corrected chi connectivity index (χ1v) is 7.74. The Morgan fingerprint density at radius 3 is 2.62 bits per heavy atom. The van der Waals surface area contributed by atoms with E-state index in [1.165, 1.54) is 0 Å². The molecule has 21 heavy (non-hydrogen) atoms. The number of carbonyl (C=O) groups is 1. The number of nitrogens with zero attached hydrogens (tertiary/aromatic N) is 1. The monoisotopic (exact) mass is 311 g/mol. The molecular formula is C16H22ClNO3. The maximum absolute atomic E-state index is 12.6. The Kier molecular flexibility index (Phi) is 5.48. The second-order valence-corrected chi connectivity index (χ2v) is 6.23. The molecule has 1 fully saturated rings. The van der Waals surface area contributed by atoms with Crippen molar-refractivity contribution in [3.63, 3.8) is 0 Å². The highest BCUT2D eigenvalue weighted by atomic mass is 35.5. The van der Waals surface area contributed by atoms with Crippen LogP contribution in [0.5, 0.6) is 5.75 Å². The molecule has 5 heteroatoms. The average molecular weight is 312 g/mol. The van der Waals surface area contributed by atoms with E-state index in [1.54, 1.807) is 29.2 Å². The molecule has 1 aromatic carbocycles. The summed E-state index contributed by atoms with van der Waals surface area (Å²) in [4.78, 5) is 14.4. The number of aliphatic hydroxyl groups excluding tert-OH is 1. The van der Waals surface area contributed by atoms with Gasteiger partial charge in [0, 0.05) is 18.1 Å². The highest BCUT2D eigenvalue weighted by Gasteiger charge is 2.31. The number of aliphatic hydroxyl groups is 1. The molecule has 0 saturated carbocycles. The van der Waals surface area contributed by atoms with Crippen molar-refractivity contribution in [1.82, 2.24) is 4.90 Å². The molecule has 1 saturated heterocycles. The lowest BCUT2D eigenvalue weighted by molar-refractivity contribution is -0.142. The maximum Gasteiger partial charge on any atom is 0.263 e. The molecular weight excluding hydrogens is 290 g/mol. The molecule has 1 aromatic rings. The van der Waals surface area contributed by atoms with Gasteiger partial charge in [-0.15, -0.1) is 0 Å². The van der Waals surface area contributed by atoms with Crippen molar-refractivity contribution in [3.05, 3.63) is 29.3 Å². The van der Waals surface area contributed by atoms with Crippen molar-refractivity contribution < 1.29 is 14.6 Å². The van der Waals surface area contributed by atoms with Crippen molar-refractivity contribution in [2.24, 2.45) is 5.92 Å². The van der Waals surface area contributed by atoms with Crippen LogP contribution in [0.25, 0.3) is 0 Å². The molecule has 4 nitrogen and oxygen atoms in total. The minimum absolute atomic E-state index is 0.0168. The number of halogens is 1. The summed E-state index contributed by atoms with van der Waals surface area (Å²) in [5.74, 6) is 0.645. The summed E-state index contributed by atoms with van der Waals surface area (Å²) < 4.78 is 5.86. The standard InChI is InChI=1S/C16H22ClNO3/c1-11(2)15(21-14-5-3-4-12(17)10-14)16(20)18-8-6-13(19)7-9-18/h3-5,10-11,13,15,19H,6-9H2,1-2H3. The molecule has 1 N–H and O–H groups in total. The Labute approximate surface area is 130 Å². The van der Waals surface area contributed by atoms with Gasteiger partial charge in [-0.3, -0.25) is 4.79 Å². The Morgan fingerprint density at radius 2 is 2.05 bits per heavy atom. The van der Waals surface area contributed by atoms with E-state index in [0.29, 0.717) is 36.7 Å². The van der Waals surface area contributed by atoms with Crippen LogP contribution in [0.2, 0.25) is 5.02 Å². The van der Waals surface area contributed by atoms with Crippen LogP contribution in [0.15, 0.2) is 24.3 Å². The second-order valence-electron chi connectivity index (χ2n) is 5.80. The van der Waals surface area contributed by atoms with Crippen LogP contribution in [0, 0.1) is 5.92 Å². The van der Waals surface area contributed by atoms with Gasteiger partial charge in [0.15, 0.2) is 6.10 Å². The Bertz CT molecular complexity index is 484. The Balaban J connectivity index is 2.06. The summed E-state index contributed by atoms with van der Waals surface area (Å²) in [5, 5.41) is 10.1. The van der Waals surface area contributed by atoms with Gasteiger partial charge in [0.2, 0.25) is 0 Å². The van der Waals surface area contributed by atoms with E-state index in [2.05, 4.69) is 0 Å². The SMILES string of the molecule is CC(C)C(Oc1cccc(Cl)c1)C(=O)N1CCC(O)CC1. The number of carbonyl (C=O) groups excluding carboxylic acids is 1. The number of benzene rings is 1. The number of ether oxygens (including phenoxy) is 1. The molecule has 0 spiro atoms. The zero-order valence-electron chi connectivity index (χ0n) is 12.5. The van der Waals surface area contributed by atoms with Crippen LogP contribution in [0.4, 0.5) is 0 Å². The molecule has 0 aromatic heterocycles. The average Bonchev–Trinajstić information content (AvgIpc) is 2.44. The number of hydrogen-bond donors (Lipinski definition) is 1. The third kappa shape index (κ3) is 4.35. The first-order chi connectivity index (χ1) is 9.97. The molecule has 1 atom stereocenters. The molecule has 116 valence electrons. The van der Waals surface area contributed by atoms with Gasteiger partial charge in [-0.25, -0.2) is 0 Å². The first-order valence-electron chi connectivity index (χ1n) is 7.36. The normalized spacial score (nSPS) is 17.9. The third-order valence-electron chi connectivity index (χ3n) is 3.68. The number of rotatable bonds is 4. The summed E-state index contributed by atoms with van der Waals surface area (Å²) in [6, 6.07) is 7.09. The van der Waals surface area contributed by atoms with Gasteiger partial charge in [-0.05, 0) is 37.0 Å². The van der Waals surface area contributed by atoms with Crippen molar-refractivity contribution in [2.75, 3.05) is 13.1 Å². The zero-order valence-corrected chi connectivity index (χ0v) is 13.2. The van der Waals surface area contributed by atoms with Crippen LogP contribution in [-0.4, -0.2) is 41.2 Å². The summed E-state index contributed by atoms with van der Waals surface area (Å²) in [6.45, 7) is 5.10. The molecule has 2 rings (SSSR count). The Morgan fingerprint density at radius 1 is 1.38 bits per heavy atom. The van der Waals surface area contributed by atoms with Gasteiger partial charge in [0.05, 0.1) is 6.10 Å². The van der Waals surface area contributed by atoms with Gasteiger partial charge >= 0.3 is 0 Å². The van der Waals surface area contributed by atoms with E-state index in [1.807, 2.05) is 13.8 Å². The smallest absolute Gasteiger partial charge is 0.263 e. The van der Waals surface area contributed by atoms with Gasteiger partial charge in [-0.1, -0.05) is 31.5 Å². The molecule has 1 aliphatic rings. The summed E-state index contributed by atoms with van der Waals surface area (Å²) >= 11 is 5.95. The fourth-order valence-electron chi connectivity index (χ4n) is 2.42. The van der Waals surface area contributed by atoms with Gasteiger partial charge in [0.25, 0.3) is 5.91 Å². The maximum atomic E-state index is 12.6. The van der Waals surface area contributed by atoms with E-state index >= 15 is 0 Å². The minimum Gasteiger partial charge on any atom is -0.480 e. The van der Waals surface area contributed by atoms with E-state index < -0.39 is 6.10 Å². The second kappa shape index (κ2) is 7.14. The van der Waals surface area contributed by atoms with Gasteiger partial charge in [-0.2, -0.15) is 0 Å². The number of amides is 1. The first kappa shape index (κ1) is 16.1. The van der Waals surface area contributed by atoms with Crippen LogP contribution in [0.3, 0.4) is 0 Å². The van der Waals surface area contributed by atoms with E-state index in [-0.39, 0.29) is 17.9 Å². The predicted molar refractivity (Wildman–Crippen MR) is 82.5 cm³/mol. The molecule has 0 bridgehead atoms. The summed E-state index contributed by atoms with van der Waals surface area (Å²) in [5.41, 5.74) is 0. The molecule has 0 radical (unpaired) electrons. The molecule has 1 aliphatic heterocycles. The number of hydrogen-bond acceptors (Lipinski definition) is 3. The molecule has 1 unspecified atom stereocenters. The van der Waals surface area contributed by atoms with Gasteiger partial charge < -0.3 is 14.7 Å². The summed E-state index contributed by atoms with van der Waals surface area (Å²) in [6.07, 6.45) is 0.445. The fourth-order valence-corrected chi connectivity index (χ4v) is 2.61. The lowest BCUT2D eigenvalue weighted by Gasteiger charge is -2.33. The zero-order chi connectivity index (χ0) is 15.4. The predicted octanol–water partition coefficient (Wildman–Crippen LogP) is 2.73. The van der Waals surface area contributed by atoms with E-state index in [4.69, 9.17) is 16.3 Å². The molecule has 1 amide bonds.